The van der Waals surface area contributed by atoms with E-state index in [1.54, 1.807) is 11.3 Å². The van der Waals surface area contributed by atoms with Gasteiger partial charge in [-0.3, -0.25) is 0 Å². The Morgan fingerprint density at radius 2 is 1.18 bits per heavy atom. The molecule has 5 aromatic carbocycles. The van der Waals surface area contributed by atoms with Crippen molar-refractivity contribution >= 4 is 53.6 Å². The highest BCUT2D eigenvalue weighted by Gasteiger charge is 2.18. The van der Waals surface area contributed by atoms with Gasteiger partial charge in [0.05, 0.1) is 15.9 Å². The van der Waals surface area contributed by atoms with Crippen LogP contribution in [-0.2, 0) is 0 Å². The van der Waals surface area contributed by atoms with Crippen molar-refractivity contribution in [1.82, 2.24) is 9.97 Å². The summed E-state index contributed by atoms with van der Waals surface area (Å²) < 4.78 is 8.51. The summed E-state index contributed by atoms with van der Waals surface area (Å²) >= 11 is 1.75. The molecule has 0 bridgehead atoms. The van der Waals surface area contributed by atoms with Crippen LogP contribution in [0.4, 0.5) is 0 Å². The molecule has 0 aliphatic rings. The summed E-state index contributed by atoms with van der Waals surface area (Å²) in [5.41, 5.74) is 8.11. The SMILES string of the molecule is c1ccc(-c2ccc3c(c2)sc2c(-c4ccc5c(c4)oc4ccccc45)nc(-c4ccccc4)nc23)cc1. The van der Waals surface area contributed by atoms with E-state index in [4.69, 9.17) is 14.4 Å². The lowest BCUT2D eigenvalue weighted by atomic mass is 10.0. The van der Waals surface area contributed by atoms with E-state index in [1.165, 1.54) is 15.8 Å². The van der Waals surface area contributed by atoms with Crippen LogP contribution in [0.15, 0.2) is 126 Å². The molecule has 0 atom stereocenters. The van der Waals surface area contributed by atoms with Gasteiger partial charge in [-0.1, -0.05) is 97.1 Å². The molecular weight excluding hydrogens is 484 g/mol. The smallest absolute Gasteiger partial charge is 0.160 e. The third-order valence-corrected chi connectivity index (χ3v) is 8.25. The number of rotatable bonds is 3. The summed E-state index contributed by atoms with van der Waals surface area (Å²) in [6.07, 6.45) is 0. The van der Waals surface area contributed by atoms with E-state index in [0.717, 1.165) is 60.2 Å². The van der Waals surface area contributed by atoms with Gasteiger partial charge in [0.25, 0.3) is 0 Å². The highest BCUT2D eigenvalue weighted by Crippen LogP contribution is 2.42. The summed E-state index contributed by atoms with van der Waals surface area (Å²) in [5, 5.41) is 3.39. The molecule has 38 heavy (non-hydrogen) atoms. The van der Waals surface area contributed by atoms with Crippen molar-refractivity contribution in [2.75, 3.05) is 0 Å². The first-order valence-electron chi connectivity index (χ1n) is 12.6. The highest BCUT2D eigenvalue weighted by atomic mass is 32.1. The lowest BCUT2D eigenvalue weighted by Crippen LogP contribution is -1.93. The number of aromatic nitrogens is 2. The number of para-hydroxylation sites is 1. The predicted molar refractivity (Wildman–Crippen MR) is 159 cm³/mol. The lowest BCUT2D eigenvalue weighted by molar-refractivity contribution is 0.669. The Balaban J connectivity index is 1.40. The van der Waals surface area contributed by atoms with Crippen molar-refractivity contribution in [2.24, 2.45) is 0 Å². The zero-order chi connectivity index (χ0) is 25.1. The lowest BCUT2D eigenvalue weighted by Gasteiger charge is -2.07. The van der Waals surface area contributed by atoms with E-state index in [0.29, 0.717) is 0 Å². The Morgan fingerprint density at radius 3 is 2.03 bits per heavy atom. The molecule has 3 aromatic heterocycles. The fourth-order valence-corrected chi connectivity index (χ4v) is 6.43. The largest absolute Gasteiger partial charge is 0.456 e. The van der Waals surface area contributed by atoms with Gasteiger partial charge in [0.1, 0.15) is 11.2 Å². The normalized spacial score (nSPS) is 11.7. The van der Waals surface area contributed by atoms with E-state index in [1.807, 2.05) is 42.5 Å². The van der Waals surface area contributed by atoms with Crippen LogP contribution in [0.2, 0.25) is 0 Å². The molecule has 178 valence electrons. The minimum atomic E-state index is 0.727. The molecule has 0 spiro atoms. The van der Waals surface area contributed by atoms with Crippen molar-refractivity contribution in [3.63, 3.8) is 0 Å². The minimum absolute atomic E-state index is 0.727. The van der Waals surface area contributed by atoms with Crippen LogP contribution >= 0.6 is 11.3 Å². The van der Waals surface area contributed by atoms with Gasteiger partial charge in [0.15, 0.2) is 5.82 Å². The van der Waals surface area contributed by atoms with E-state index >= 15 is 0 Å². The first kappa shape index (κ1) is 21.3. The van der Waals surface area contributed by atoms with Gasteiger partial charge < -0.3 is 4.42 Å². The molecule has 3 heterocycles. The van der Waals surface area contributed by atoms with Gasteiger partial charge in [0, 0.05) is 32.0 Å². The Hall–Kier alpha value is -4.80. The first-order chi connectivity index (χ1) is 18.8. The van der Waals surface area contributed by atoms with Crippen LogP contribution in [0.1, 0.15) is 0 Å². The standard InChI is InChI=1S/C34H20N2OS/c1-3-9-21(10-4-1)23-15-18-27-30(20-23)38-33-31(35-34(36-32(27)33)22-11-5-2-6-12-22)24-16-17-26-25-13-7-8-14-28(25)37-29(26)19-24/h1-20H. The van der Waals surface area contributed by atoms with Gasteiger partial charge in [-0.15, -0.1) is 11.3 Å². The van der Waals surface area contributed by atoms with Crippen molar-refractivity contribution in [1.29, 1.82) is 0 Å². The molecule has 0 aliphatic carbocycles. The average Bonchev–Trinajstić information content (AvgIpc) is 3.55. The van der Waals surface area contributed by atoms with Crippen LogP contribution in [0.25, 0.3) is 76.0 Å². The fraction of sp³-hybridized carbons (Fsp3) is 0. The van der Waals surface area contributed by atoms with Crippen LogP contribution in [0.3, 0.4) is 0 Å². The van der Waals surface area contributed by atoms with Gasteiger partial charge in [0.2, 0.25) is 0 Å². The maximum atomic E-state index is 6.23. The molecule has 8 rings (SSSR count). The summed E-state index contributed by atoms with van der Waals surface area (Å²) in [7, 11) is 0. The number of benzene rings is 5. The molecule has 0 saturated carbocycles. The zero-order valence-electron chi connectivity index (χ0n) is 20.3. The maximum absolute atomic E-state index is 6.23. The monoisotopic (exact) mass is 504 g/mol. The topological polar surface area (TPSA) is 38.9 Å². The number of hydrogen-bond acceptors (Lipinski definition) is 4. The third kappa shape index (κ3) is 3.35. The molecule has 8 aromatic rings. The second-order valence-corrected chi connectivity index (χ2v) is 10.5. The summed E-state index contributed by atoms with van der Waals surface area (Å²) in [6, 6.07) is 42.0. The average molecular weight is 505 g/mol. The summed E-state index contributed by atoms with van der Waals surface area (Å²) in [6.45, 7) is 0. The molecule has 0 amide bonds. The number of nitrogens with zero attached hydrogens (tertiary/aromatic N) is 2. The van der Waals surface area contributed by atoms with Gasteiger partial charge in [-0.25, -0.2) is 9.97 Å². The van der Waals surface area contributed by atoms with Gasteiger partial charge in [-0.2, -0.15) is 0 Å². The second kappa shape index (κ2) is 8.37. The highest BCUT2D eigenvalue weighted by molar-refractivity contribution is 7.26. The Labute approximate surface area is 222 Å². The Bertz CT molecular complexity index is 2130. The Kier molecular flexibility index (Phi) is 4.69. The van der Waals surface area contributed by atoms with E-state index < -0.39 is 0 Å². The number of fused-ring (bicyclic) bond motifs is 6. The van der Waals surface area contributed by atoms with Crippen molar-refractivity contribution < 1.29 is 4.42 Å². The molecule has 3 nitrogen and oxygen atoms in total. The zero-order valence-corrected chi connectivity index (χ0v) is 21.1. The predicted octanol–water partition coefficient (Wildman–Crippen LogP) is 9.74. The van der Waals surface area contributed by atoms with Crippen LogP contribution in [-0.4, -0.2) is 9.97 Å². The van der Waals surface area contributed by atoms with Crippen molar-refractivity contribution in [2.45, 2.75) is 0 Å². The maximum Gasteiger partial charge on any atom is 0.160 e. The second-order valence-electron chi connectivity index (χ2n) is 9.43. The molecule has 0 fully saturated rings. The molecule has 0 N–H and O–H groups in total. The first-order valence-corrected chi connectivity index (χ1v) is 13.4. The number of furan rings is 1. The summed E-state index contributed by atoms with van der Waals surface area (Å²) in [4.78, 5) is 10.2. The number of hydrogen-bond donors (Lipinski definition) is 0. The van der Waals surface area contributed by atoms with Crippen LogP contribution in [0, 0.1) is 0 Å². The molecule has 0 radical (unpaired) electrons. The minimum Gasteiger partial charge on any atom is -0.456 e. The molecule has 0 saturated heterocycles. The fourth-order valence-electron chi connectivity index (χ4n) is 5.24. The molecule has 0 unspecified atom stereocenters. The van der Waals surface area contributed by atoms with E-state index in [-0.39, 0.29) is 0 Å². The quantitative estimate of drug-likeness (QED) is 0.240. The Morgan fingerprint density at radius 1 is 0.500 bits per heavy atom. The van der Waals surface area contributed by atoms with Gasteiger partial charge >= 0.3 is 0 Å². The van der Waals surface area contributed by atoms with Gasteiger partial charge in [-0.05, 0) is 35.4 Å². The van der Waals surface area contributed by atoms with E-state index in [2.05, 4.69) is 78.9 Å². The molecule has 4 heteroatoms. The summed E-state index contributed by atoms with van der Waals surface area (Å²) in [5.74, 6) is 0.727. The number of thiophene rings is 1. The van der Waals surface area contributed by atoms with Crippen LogP contribution in [0.5, 0.6) is 0 Å². The van der Waals surface area contributed by atoms with E-state index in [9.17, 15) is 0 Å². The molecule has 0 aliphatic heterocycles. The van der Waals surface area contributed by atoms with Crippen LogP contribution < -0.4 is 0 Å². The van der Waals surface area contributed by atoms with Crippen molar-refractivity contribution in [3.05, 3.63) is 121 Å². The molecular formula is C34H20N2OS. The third-order valence-electron chi connectivity index (χ3n) is 7.11. The van der Waals surface area contributed by atoms with Crippen molar-refractivity contribution in [3.8, 4) is 33.8 Å².